The number of carbonyl (C=O) groups is 1. The molecule has 134 valence electrons. The van der Waals surface area contributed by atoms with E-state index in [4.69, 9.17) is 0 Å². The number of hydrogen-bond donors (Lipinski definition) is 1. The first kappa shape index (κ1) is 17.0. The number of aryl methyl sites for hydroxylation is 1. The molecule has 4 rings (SSSR count). The zero-order valence-corrected chi connectivity index (χ0v) is 15.3. The lowest BCUT2D eigenvalue weighted by atomic mass is 10.1. The lowest BCUT2D eigenvalue weighted by Crippen LogP contribution is -2.28. The van der Waals surface area contributed by atoms with Crippen LogP contribution in [0, 0.1) is 6.92 Å². The molecule has 0 spiro atoms. The van der Waals surface area contributed by atoms with Crippen LogP contribution in [0.1, 0.15) is 34.7 Å². The predicted octanol–water partition coefficient (Wildman–Crippen LogP) is 4.20. The van der Waals surface area contributed by atoms with E-state index in [2.05, 4.69) is 15.3 Å². The van der Waals surface area contributed by atoms with Crippen LogP contribution in [0.4, 0.5) is 0 Å². The topological polar surface area (TPSA) is 59.3 Å². The number of fused-ring (bicyclic) bond motifs is 1. The number of nitrogens with one attached hydrogen (secondary N) is 1. The van der Waals surface area contributed by atoms with Crippen molar-refractivity contribution in [1.29, 1.82) is 0 Å². The molecular formula is C22H20N4O. The Balaban J connectivity index is 1.75. The van der Waals surface area contributed by atoms with Gasteiger partial charge in [-0.05, 0) is 38.1 Å². The van der Waals surface area contributed by atoms with Gasteiger partial charge in [0.1, 0.15) is 5.65 Å². The molecule has 0 radical (unpaired) electrons. The molecule has 1 atom stereocenters. The Morgan fingerprint density at radius 2 is 1.81 bits per heavy atom. The molecule has 0 bridgehead atoms. The number of pyridine rings is 2. The first-order valence-corrected chi connectivity index (χ1v) is 8.89. The van der Waals surface area contributed by atoms with Crippen LogP contribution in [0.15, 0.2) is 73.1 Å². The van der Waals surface area contributed by atoms with Crippen LogP contribution in [0.25, 0.3) is 16.9 Å². The second-order valence-electron chi connectivity index (χ2n) is 6.55. The highest BCUT2D eigenvalue weighted by atomic mass is 16.2. The van der Waals surface area contributed by atoms with Crippen molar-refractivity contribution in [2.45, 2.75) is 19.9 Å². The third-order valence-electron chi connectivity index (χ3n) is 4.55. The monoisotopic (exact) mass is 356 g/mol. The summed E-state index contributed by atoms with van der Waals surface area (Å²) >= 11 is 0. The Bertz CT molecular complexity index is 1080. The van der Waals surface area contributed by atoms with Gasteiger partial charge in [0.2, 0.25) is 0 Å². The van der Waals surface area contributed by atoms with Crippen molar-refractivity contribution in [1.82, 2.24) is 19.7 Å². The maximum absolute atomic E-state index is 13.0. The maximum Gasteiger partial charge on any atom is 0.272 e. The Labute approximate surface area is 157 Å². The Morgan fingerprint density at radius 1 is 1.04 bits per heavy atom. The SMILES string of the molecule is Cc1ccc(-c2c(C(=O)NC(C)c3ccccn3)nc3ccccn23)cc1. The lowest BCUT2D eigenvalue weighted by molar-refractivity contribution is 0.0935. The molecular weight excluding hydrogens is 336 g/mol. The molecule has 5 heteroatoms. The Kier molecular flexibility index (Phi) is 4.42. The van der Waals surface area contributed by atoms with E-state index in [-0.39, 0.29) is 11.9 Å². The van der Waals surface area contributed by atoms with Crippen LogP contribution in [-0.4, -0.2) is 20.3 Å². The van der Waals surface area contributed by atoms with Gasteiger partial charge in [0.15, 0.2) is 5.69 Å². The normalized spacial score (nSPS) is 12.1. The number of hydrogen-bond acceptors (Lipinski definition) is 3. The third-order valence-corrected chi connectivity index (χ3v) is 4.55. The molecule has 1 amide bonds. The van der Waals surface area contributed by atoms with Crippen LogP contribution in [0.3, 0.4) is 0 Å². The van der Waals surface area contributed by atoms with Crippen LogP contribution >= 0.6 is 0 Å². The van der Waals surface area contributed by atoms with Gasteiger partial charge in [-0.1, -0.05) is 42.0 Å². The summed E-state index contributed by atoms with van der Waals surface area (Å²) in [5.74, 6) is -0.215. The van der Waals surface area contributed by atoms with E-state index >= 15 is 0 Å². The largest absolute Gasteiger partial charge is 0.343 e. The molecule has 3 aromatic heterocycles. The average Bonchev–Trinajstić information content (AvgIpc) is 3.09. The number of aromatic nitrogens is 3. The fraction of sp³-hybridized carbons (Fsp3) is 0.136. The smallest absolute Gasteiger partial charge is 0.272 e. The molecule has 0 aliphatic rings. The van der Waals surface area contributed by atoms with Gasteiger partial charge in [-0.25, -0.2) is 4.98 Å². The van der Waals surface area contributed by atoms with Crippen LogP contribution in [0.5, 0.6) is 0 Å². The van der Waals surface area contributed by atoms with E-state index < -0.39 is 0 Å². The van der Waals surface area contributed by atoms with Crippen molar-refractivity contribution in [2.75, 3.05) is 0 Å². The third kappa shape index (κ3) is 3.31. The summed E-state index contributed by atoms with van der Waals surface area (Å²) < 4.78 is 1.95. The fourth-order valence-electron chi connectivity index (χ4n) is 3.11. The molecule has 1 N–H and O–H groups in total. The quantitative estimate of drug-likeness (QED) is 0.596. The minimum Gasteiger partial charge on any atom is -0.343 e. The highest BCUT2D eigenvalue weighted by Crippen LogP contribution is 2.26. The molecule has 5 nitrogen and oxygen atoms in total. The van der Waals surface area contributed by atoms with Gasteiger partial charge < -0.3 is 5.32 Å². The summed E-state index contributed by atoms with van der Waals surface area (Å²) in [4.78, 5) is 22.0. The summed E-state index contributed by atoms with van der Waals surface area (Å²) in [7, 11) is 0. The summed E-state index contributed by atoms with van der Waals surface area (Å²) in [6.45, 7) is 3.96. The number of carbonyl (C=O) groups excluding carboxylic acids is 1. The maximum atomic E-state index is 13.0. The van der Waals surface area contributed by atoms with E-state index in [0.29, 0.717) is 5.69 Å². The van der Waals surface area contributed by atoms with Crippen molar-refractivity contribution in [2.24, 2.45) is 0 Å². The first-order chi connectivity index (χ1) is 13.1. The zero-order chi connectivity index (χ0) is 18.8. The molecule has 0 aliphatic carbocycles. The first-order valence-electron chi connectivity index (χ1n) is 8.89. The number of benzene rings is 1. The van der Waals surface area contributed by atoms with Gasteiger partial charge in [-0.15, -0.1) is 0 Å². The molecule has 1 aromatic carbocycles. The van der Waals surface area contributed by atoms with Crippen molar-refractivity contribution >= 4 is 11.6 Å². The zero-order valence-electron chi connectivity index (χ0n) is 15.3. The summed E-state index contributed by atoms with van der Waals surface area (Å²) in [5.41, 5.74) is 4.87. The molecule has 4 aromatic rings. The average molecular weight is 356 g/mol. The molecule has 3 heterocycles. The Hall–Kier alpha value is -3.47. The van der Waals surface area contributed by atoms with Crippen LogP contribution in [0.2, 0.25) is 0 Å². The van der Waals surface area contributed by atoms with Gasteiger partial charge in [0.25, 0.3) is 5.91 Å². The van der Waals surface area contributed by atoms with Crippen LogP contribution < -0.4 is 5.32 Å². The van der Waals surface area contributed by atoms with Crippen molar-refractivity contribution < 1.29 is 4.79 Å². The Morgan fingerprint density at radius 3 is 2.56 bits per heavy atom. The van der Waals surface area contributed by atoms with E-state index in [9.17, 15) is 4.79 Å². The molecule has 0 aliphatic heterocycles. The summed E-state index contributed by atoms with van der Waals surface area (Å²) in [5, 5.41) is 3.02. The summed E-state index contributed by atoms with van der Waals surface area (Å²) in [6.07, 6.45) is 3.65. The highest BCUT2D eigenvalue weighted by Gasteiger charge is 2.22. The molecule has 0 fully saturated rings. The van der Waals surface area contributed by atoms with Crippen molar-refractivity contribution in [3.8, 4) is 11.3 Å². The number of rotatable bonds is 4. The fourth-order valence-corrected chi connectivity index (χ4v) is 3.11. The summed E-state index contributed by atoms with van der Waals surface area (Å²) in [6, 6.07) is 19.3. The molecule has 1 unspecified atom stereocenters. The highest BCUT2D eigenvalue weighted by molar-refractivity contribution is 5.99. The van der Waals surface area contributed by atoms with Crippen molar-refractivity contribution in [3.63, 3.8) is 0 Å². The van der Waals surface area contributed by atoms with E-state index in [0.717, 1.165) is 22.6 Å². The molecule has 0 saturated carbocycles. The van der Waals surface area contributed by atoms with Crippen molar-refractivity contribution in [3.05, 3.63) is 90.0 Å². The lowest BCUT2D eigenvalue weighted by Gasteiger charge is -2.13. The second kappa shape index (κ2) is 7.03. The minimum atomic E-state index is -0.215. The number of amides is 1. The minimum absolute atomic E-state index is 0.214. The van der Waals surface area contributed by atoms with E-state index in [1.54, 1.807) is 6.20 Å². The van der Waals surface area contributed by atoms with Gasteiger partial charge in [-0.3, -0.25) is 14.2 Å². The van der Waals surface area contributed by atoms with E-state index in [1.807, 2.05) is 85.1 Å². The van der Waals surface area contributed by atoms with Gasteiger partial charge in [0.05, 0.1) is 17.4 Å². The van der Waals surface area contributed by atoms with Crippen LogP contribution in [-0.2, 0) is 0 Å². The number of nitrogens with zero attached hydrogens (tertiary/aromatic N) is 3. The molecule has 0 saturated heterocycles. The van der Waals surface area contributed by atoms with Gasteiger partial charge >= 0.3 is 0 Å². The second-order valence-corrected chi connectivity index (χ2v) is 6.55. The number of imidazole rings is 1. The predicted molar refractivity (Wildman–Crippen MR) is 105 cm³/mol. The standard InChI is InChI=1S/C22H20N4O/c1-15-9-11-17(12-10-15)21-20(25-19-8-4-6-14-26(19)21)22(27)24-16(2)18-7-3-5-13-23-18/h3-14,16H,1-2H3,(H,24,27). The van der Waals surface area contributed by atoms with Gasteiger partial charge in [0, 0.05) is 18.0 Å². The van der Waals surface area contributed by atoms with Gasteiger partial charge in [-0.2, -0.15) is 0 Å². The molecule has 27 heavy (non-hydrogen) atoms. The van der Waals surface area contributed by atoms with E-state index in [1.165, 1.54) is 5.56 Å².